The first-order valence-electron chi connectivity index (χ1n) is 10.3. The van der Waals surface area contributed by atoms with Crippen LogP contribution in [0.1, 0.15) is 36.8 Å². The van der Waals surface area contributed by atoms with E-state index in [2.05, 4.69) is 10.1 Å². The summed E-state index contributed by atoms with van der Waals surface area (Å²) in [5.74, 6) is -0.491. The first-order chi connectivity index (χ1) is 15.1. The van der Waals surface area contributed by atoms with Crippen LogP contribution in [0.4, 0.5) is 5.69 Å². The number of phenols is 1. The predicted octanol–water partition coefficient (Wildman–Crippen LogP) is 3.88. The van der Waals surface area contributed by atoms with E-state index < -0.39 is 28.1 Å². The quantitative estimate of drug-likeness (QED) is 0.452. The van der Waals surface area contributed by atoms with E-state index in [1.807, 2.05) is 0 Å². The van der Waals surface area contributed by atoms with Crippen molar-refractivity contribution in [2.75, 3.05) is 18.2 Å². The Kier molecular flexibility index (Phi) is 7.08. The van der Waals surface area contributed by atoms with Crippen LogP contribution in [0.2, 0.25) is 0 Å². The molecule has 9 heteroatoms. The van der Waals surface area contributed by atoms with E-state index >= 15 is 0 Å². The molecule has 0 aromatic heterocycles. The molecule has 32 heavy (non-hydrogen) atoms. The van der Waals surface area contributed by atoms with Crippen LogP contribution in [-0.4, -0.2) is 38.3 Å². The Bertz CT molecular complexity index is 1110. The standard InChI is InChI=1S/C23H27NO7S/c1-14-9-17(24-21(26)12-22(27)30-3)10-15(2)23(14)31-18-7-8-19(25)20(11-18)32(28,29)13-16-5-4-6-16/h7-11,16,25H,4-6,12-13H2,1-3H3,(H,24,26). The molecule has 3 rings (SSSR count). The van der Waals surface area contributed by atoms with Crippen LogP contribution in [-0.2, 0) is 24.2 Å². The summed E-state index contributed by atoms with van der Waals surface area (Å²) in [6, 6.07) is 7.53. The number of carbonyl (C=O) groups is 2. The van der Waals surface area contributed by atoms with Crippen molar-refractivity contribution in [2.24, 2.45) is 5.92 Å². The second-order valence-electron chi connectivity index (χ2n) is 8.05. The van der Waals surface area contributed by atoms with Crippen molar-refractivity contribution in [1.29, 1.82) is 0 Å². The van der Waals surface area contributed by atoms with Crippen LogP contribution in [0.25, 0.3) is 0 Å². The Morgan fingerprint density at radius 2 is 1.78 bits per heavy atom. The fourth-order valence-corrected chi connectivity index (χ4v) is 5.39. The van der Waals surface area contributed by atoms with Gasteiger partial charge in [-0.2, -0.15) is 0 Å². The minimum Gasteiger partial charge on any atom is -0.507 e. The number of hydrogen-bond donors (Lipinski definition) is 2. The van der Waals surface area contributed by atoms with Gasteiger partial charge in [-0.15, -0.1) is 0 Å². The summed E-state index contributed by atoms with van der Waals surface area (Å²) in [6.07, 6.45) is 2.42. The van der Waals surface area contributed by atoms with Gasteiger partial charge in [0, 0.05) is 11.8 Å². The second-order valence-corrected chi connectivity index (χ2v) is 10.1. The molecule has 0 atom stereocenters. The summed E-state index contributed by atoms with van der Waals surface area (Å²) in [5.41, 5.74) is 1.89. The molecule has 1 amide bonds. The number of nitrogens with one attached hydrogen (secondary N) is 1. The van der Waals surface area contributed by atoms with Gasteiger partial charge in [-0.1, -0.05) is 6.42 Å². The van der Waals surface area contributed by atoms with E-state index in [0.29, 0.717) is 22.6 Å². The summed E-state index contributed by atoms with van der Waals surface area (Å²) >= 11 is 0. The Balaban J connectivity index is 1.80. The van der Waals surface area contributed by atoms with Gasteiger partial charge in [0.2, 0.25) is 5.91 Å². The monoisotopic (exact) mass is 461 g/mol. The average molecular weight is 462 g/mol. The zero-order valence-corrected chi connectivity index (χ0v) is 19.1. The van der Waals surface area contributed by atoms with Gasteiger partial charge in [0.05, 0.1) is 12.9 Å². The van der Waals surface area contributed by atoms with Crippen LogP contribution in [0.5, 0.6) is 17.2 Å². The largest absolute Gasteiger partial charge is 0.507 e. The molecule has 2 aromatic rings. The molecule has 0 saturated heterocycles. The summed E-state index contributed by atoms with van der Waals surface area (Å²) in [7, 11) is -2.42. The normalized spacial score (nSPS) is 13.8. The average Bonchev–Trinajstić information content (AvgIpc) is 2.68. The molecule has 0 unspecified atom stereocenters. The summed E-state index contributed by atoms with van der Waals surface area (Å²) in [4.78, 5) is 23.0. The number of amides is 1. The van der Waals surface area contributed by atoms with Gasteiger partial charge in [0.1, 0.15) is 28.6 Å². The van der Waals surface area contributed by atoms with Crippen molar-refractivity contribution in [3.05, 3.63) is 41.5 Å². The van der Waals surface area contributed by atoms with Crippen LogP contribution >= 0.6 is 0 Å². The molecule has 0 heterocycles. The molecule has 0 radical (unpaired) electrons. The van der Waals surface area contributed by atoms with Gasteiger partial charge in [-0.05, 0) is 68.0 Å². The Hall–Kier alpha value is -3.07. The van der Waals surface area contributed by atoms with Crippen molar-refractivity contribution in [3.63, 3.8) is 0 Å². The number of rotatable bonds is 8. The lowest BCUT2D eigenvalue weighted by molar-refractivity contribution is -0.142. The number of benzene rings is 2. The maximum Gasteiger partial charge on any atom is 0.315 e. The first kappa shape index (κ1) is 23.6. The molecule has 8 nitrogen and oxygen atoms in total. The maximum atomic E-state index is 12.8. The number of ether oxygens (including phenoxy) is 2. The molecule has 0 aliphatic heterocycles. The van der Waals surface area contributed by atoms with Crippen LogP contribution in [0.15, 0.2) is 35.2 Å². The summed E-state index contributed by atoms with van der Waals surface area (Å²) in [5, 5.41) is 12.8. The predicted molar refractivity (Wildman–Crippen MR) is 119 cm³/mol. The molecule has 2 N–H and O–H groups in total. The Labute approximate surface area is 187 Å². The molecule has 0 bridgehead atoms. The highest BCUT2D eigenvalue weighted by Crippen LogP contribution is 2.37. The van der Waals surface area contributed by atoms with Gasteiger partial charge < -0.3 is 19.9 Å². The van der Waals surface area contributed by atoms with E-state index in [9.17, 15) is 23.1 Å². The molecule has 1 aliphatic carbocycles. The van der Waals surface area contributed by atoms with Crippen molar-refractivity contribution < 1.29 is 32.6 Å². The fourth-order valence-electron chi connectivity index (χ4n) is 3.58. The highest BCUT2D eigenvalue weighted by molar-refractivity contribution is 7.91. The molecule has 1 saturated carbocycles. The zero-order chi connectivity index (χ0) is 23.5. The fraction of sp³-hybridized carbons (Fsp3) is 0.391. The number of hydrogen-bond acceptors (Lipinski definition) is 7. The number of carbonyl (C=O) groups excluding carboxylic acids is 2. The molecular formula is C23H27NO7S. The smallest absolute Gasteiger partial charge is 0.315 e. The third-order valence-electron chi connectivity index (χ3n) is 5.44. The minimum absolute atomic E-state index is 0.0159. The number of aryl methyl sites for hydroxylation is 2. The first-order valence-corrected chi connectivity index (χ1v) is 12.0. The number of esters is 1. The van der Waals surface area contributed by atoms with Crippen molar-refractivity contribution in [1.82, 2.24) is 0 Å². The second kappa shape index (κ2) is 9.60. The topological polar surface area (TPSA) is 119 Å². The molecular weight excluding hydrogens is 434 g/mol. The van der Waals surface area contributed by atoms with Crippen molar-refractivity contribution in [2.45, 2.75) is 44.4 Å². The molecule has 1 aliphatic rings. The van der Waals surface area contributed by atoms with Crippen molar-refractivity contribution in [3.8, 4) is 17.2 Å². The number of sulfone groups is 1. The minimum atomic E-state index is -3.63. The van der Waals surface area contributed by atoms with Gasteiger partial charge in [-0.25, -0.2) is 8.42 Å². The lowest BCUT2D eigenvalue weighted by Crippen LogP contribution is -2.22. The summed E-state index contributed by atoms with van der Waals surface area (Å²) in [6.45, 7) is 3.57. The van der Waals surface area contributed by atoms with E-state index in [-0.39, 0.29) is 28.1 Å². The highest BCUT2D eigenvalue weighted by atomic mass is 32.2. The lowest BCUT2D eigenvalue weighted by Gasteiger charge is -2.25. The van der Waals surface area contributed by atoms with Crippen molar-refractivity contribution >= 4 is 27.4 Å². The van der Waals surface area contributed by atoms with Gasteiger partial charge in [0.25, 0.3) is 0 Å². The SMILES string of the molecule is COC(=O)CC(=O)Nc1cc(C)c(Oc2ccc(O)c(S(=O)(=O)CC3CCC3)c2)c(C)c1. The number of phenolic OH excluding ortho intramolecular Hbond substituents is 1. The zero-order valence-electron chi connectivity index (χ0n) is 18.3. The highest BCUT2D eigenvalue weighted by Gasteiger charge is 2.28. The van der Waals surface area contributed by atoms with E-state index in [0.717, 1.165) is 19.3 Å². The van der Waals surface area contributed by atoms with E-state index in [1.165, 1.54) is 25.3 Å². The lowest BCUT2D eigenvalue weighted by atomic mass is 9.87. The van der Waals surface area contributed by atoms with Gasteiger partial charge in [0.15, 0.2) is 9.84 Å². The van der Waals surface area contributed by atoms with E-state index in [1.54, 1.807) is 26.0 Å². The van der Waals surface area contributed by atoms with Crippen LogP contribution < -0.4 is 10.1 Å². The summed E-state index contributed by atoms with van der Waals surface area (Å²) < 4.78 is 35.9. The van der Waals surface area contributed by atoms with Gasteiger partial charge >= 0.3 is 5.97 Å². The van der Waals surface area contributed by atoms with Crippen LogP contribution in [0.3, 0.4) is 0 Å². The third-order valence-corrected chi connectivity index (χ3v) is 7.35. The maximum absolute atomic E-state index is 12.8. The number of methoxy groups -OCH3 is 1. The molecule has 172 valence electrons. The molecule has 2 aromatic carbocycles. The Morgan fingerprint density at radius 3 is 2.34 bits per heavy atom. The van der Waals surface area contributed by atoms with Gasteiger partial charge in [-0.3, -0.25) is 9.59 Å². The molecule has 1 fully saturated rings. The third kappa shape index (κ3) is 5.59. The molecule has 0 spiro atoms. The Morgan fingerprint density at radius 1 is 1.12 bits per heavy atom. The van der Waals surface area contributed by atoms with E-state index in [4.69, 9.17) is 4.74 Å². The number of anilines is 1. The van der Waals surface area contributed by atoms with Crippen LogP contribution in [0, 0.1) is 19.8 Å². The number of aromatic hydroxyl groups is 1.